The number of hydrogen-bond acceptors (Lipinski definition) is 4. The van der Waals surface area contributed by atoms with Gasteiger partial charge in [0.2, 0.25) is 5.91 Å². The summed E-state index contributed by atoms with van der Waals surface area (Å²) >= 11 is 1.40. The number of pyridine rings is 1. The van der Waals surface area contributed by atoms with Gasteiger partial charge in [-0.1, -0.05) is 50.3 Å². The van der Waals surface area contributed by atoms with Gasteiger partial charge in [0.25, 0.3) is 5.91 Å². The van der Waals surface area contributed by atoms with E-state index in [0.717, 1.165) is 17.7 Å². The molecule has 1 aromatic heterocycles. The molecule has 3 rings (SSSR count). The van der Waals surface area contributed by atoms with E-state index < -0.39 is 0 Å². The first-order chi connectivity index (χ1) is 13.7. The maximum Gasteiger partial charge on any atom is 0.257 e. The summed E-state index contributed by atoms with van der Waals surface area (Å²) in [5.74, 6) is 0.636. The average Bonchev–Trinajstić information content (AvgIpc) is 2.69. The zero-order valence-electron chi connectivity index (χ0n) is 16.0. The van der Waals surface area contributed by atoms with Crippen LogP contribution in [0.2, 0.25) is 0 Å². The summed E-state index contributed by atoms with van der Waals surface area (Å²) in [6.07, 6.45) is 9.99. The predicted molar refractivity (Wildman–Crippen MR) is 114 cm³/mol. The minimum atomic E-state index is -0.220. The van der Waals surface area contributed by atoms with Crippen molar-refractivity contribution < 1.29 is 9.59 Å². The molecule has 0 atom stereocenters. The number of anilines is 1. The van der Waals surface area contributed by atoms with Crippen molar-refractivity contribution in [2.24, 2.45) is 0 Å². The summed E-state index contributed by atoms with van der Waals surface area (Å²) in [5, 5.41) is 5.98. The van der Waals surface area contributed by atoms with Crippen molar-refractivity contribution in [2.75, 3.05) is 11.1 Å². The Morgan fingerprint density at radius 3 is 2.43 bits per heavy atom. The minimum absolute atomic E-state index is 0.0375. The van der Waals surface area contributed by atoms with E-state index in [1.54, 1.807) is 24.4 Å². The van der Waals surface area contributed by atoms with E-state index in [1.807, 2.05) is 24.3 Å². The van der Waals surface area contributed by atoms with Gasteiger partial charge in [-0.3, -0.25) is 9.59 Å². The van der Waals surface area contributed by atoms with Crippen molar-refractivity contribution >= 4 is 29.4 Å². The van der Waals surface area contributed by atoms with Crippen molar-refractivity contribution in [3.63, 3.8) is 0 Å². The van der Waals surface area contributed by atoms with Crippen LogP contribution in [0.1, 0.15) is 55.3 Å². The summed E-state index contributed by atoms with van der Waals surface area (Å²) in [4.78, 5) is 29.9. The molecule has 1 aliphatic rings. The predicted octanol–water partition coefficient (Wildman–Crippen LogP) is 4.66. The molecule has 2 amide bonds. The molecule has 0 saturated heterocycles. The highest BCUT2D eigenvalue weighted by molar-refractivity contribution is 8.00. The highest BCUT2D eigenvalue weighted by Crippen LogP contribution is 2.24. The fourth-order valence-electron chi connectivity index (χ4n) is 3.41. The Hall–Kier alpha value is -2.34. The third-order valence-corrected chi connectivity index (χ3v) is 5.94. The molecule has 0 radical (unpaired) electrons. The standard InChI is InChI=1S/C22H27N3O2S/c26-21(24-17-10-4-2-1-3-5-11-17)16-28-19-13-7-6-12-18(19)22(27)25-20-14-8-9-15-23-20/h6-9,12-15,17H,1-5,10-11,16H2,(H,24,26)(H,23,25,27). The Morgan fingerprint density at radius 1 is 0.964 bits per heavy atom. The number of nitrogens with one attached hydrogen (secondary N) is 2. The fraction of sp³-hybridized carbons (Fsp3) is 0.409. The molecule has 1 fully saturated rings. The molecule has 0 unspecified atom stereocenters. The van der Waals surface area contributed by atoms with Crippen LogP contribution >= 0.6 is 11.8 Å². The van der Waals surface area contributed by atoms with Crippen LogP contribution in [0, 0.1) is 0 Å². The lowest BCUT2D eigenvalue weighted by molar-refractivity contribution is -0.119. The van der Waals surface area contributed by atoms with Crippen molar-refractivity contribution in [2.45, 2.75) is 55.9 Å². The molecule has 2 N–H and O–H groups in total. The molecule has 0 bridgehead atoms. The van der Waals surface area contributed by atoms with Gasteiger partial charge in [-0.15, -0.1) is 11.8 Å². The van der Waals surface area contributed by atoms with E-state index in [0.29, 0.717) is 17.1 Å². The zero-order chi connectivity index (χ0) is 19.6. The number of carbonyl (C=O) groups is 2. The SMILES string of the molecule is O=C(CSc1ccccc1C(=O)Nc1ccccn1)NC1CCCCCCC1. The maximum atomic E-state index is 12.6. The Bertz CT molecular complexity index is 774. The fourth-order valence-corrected chi connectivity index (χ4v) is 4.27. The van der Waals surface area contributed by atoms with Gasteiger partial charge in [-0.05, 0) is 37.1 Å². The lowest BCUT2D eigenvalue weighted by atomic mass is 9.97. The van der Waals surface area contributed by atoms with E-state index in [2.05, 4.69) is 15.6 Å². The van der Waals surface area contributed by atoms with Gasteiger partial charge in [0, 0.05) is 17.1 Å². The molecule has 5 nitrogen and oxygen atoms in total. The molecule has 1 heterocycles. The molecular weight excluding hydrogens is 370 g/mol. The third-order valence-electron chi connectivity index (χ3n) is 4.87. The van der Waals surface area contributed by atoms with Crippen molar-refractivity contribution in [1.82, 2.24) is 10.3 Å². The van der Waals surface area contributed by atoms with Crippen LogP contribution in [-0.4, -0.2) is 28.6 Å². The number of hydrogen-bond donors (Lipinski definition) is 2. The van der Waals surface area contributed by atoms with Gasteiger partial charge in [0.1, 0.15) is 5.82 Å². The first kappa shape index (κ1) is 20.4. The second-order valence-electron chi connectivity index (χ2n) is 7.06. The highest BCUT2D eigenvalue weighted by Gasteiger charge is 2.16. The number of aromatic nitrogens is 1. The maximum absolute atomic E-state index is 12.6. The second-order valence-corrected chi connectivity index (χ2v) is 8.08. The van der Waals surface area contributed by atoms with Crippen LogP contribution in [0.3, 0.4) is 0 Å². The Balaban J connectivity index is 1.55. The number of nitrogens with zero attached hydrogens (tertiary/aromatic N) is 1. The minimum Gasteiger partial charge on any atom is -0.353 e. The zero-order valence-corrected chi connectivity index (χ0v) is 16.8. The monoisotopic (exact) mass is 397 g/mol. The van der Waals surface area contributed by atoms with Crippen LogP contribution in [0.4, 0.5) is 5.82 Å². The molecule has 1 aliphatic carbocycles. The number of rotatable bonds is 6. The lowest BCUT2D eigenvalue weighted by Gasteiger charge is -2.21. The quantitative estimate of drug-likeness (QED) is 0.696. The number of amides is 2. The highest BCUT2D eigenvalue weighted by atomic mass is 32.2. The molecule has 1 aromatic carbocycles. The van der Waals surface area contributed by atoms with Crippen LogP contribution < -0.4 is 10.6 Å². The largest absolute Gasteiger partial charge is 0.353 e. The number of carbonyl (C=O) groups excluding carboxylic acids is 2. The Kier molecular flexibility index (Phi) is 7.91. The van der Waals surface area contributed by atoms with Crippen molar-refractivity contribution in [3.8, 4) is 0 Å². The van der Waals surface area contributed by atoms with Crippen molar-refractivity contribution in [3.05, 3.63) is 54.2 Å². The molecule has 0 spiro atoms. The summed E-state index contributed by atoms with van der Waals surface area (Å²) < 4.78 is 0. The van der Waals surface area contributed by atoms with E-state index in [4.69, 9.17) is 0 Å². The first-order valence-electron chi connectivity index (χ1n) is 9.96. The third kappa shape index (κ3) is 6.37. The van der Waals surface area contributed by atoms with E-state index in [1.165, 1.54) is 43.9 Å². The van der Waals surface area contributed by atoms with Crippen LogP contribution in [-0.2, 0) is 4.79 Å². The molecule has 2 aromatic rings. The molecule has 148 valence electrons. The normalized spacial score (nSPS) is 15.3. The van der Waals surface area contributed by atoms with Crippen LogP contribution in [0.25, 0.3) is 0 Å². The first-order valence-corrected chi connectivity index (χ1v) is 10.9. The van der Waals surface area contributed by atoms with Gasteiger partial charge in [-0.2, -0.15) is 0 Å². The second kappa shape index (κ2) is 10.9. The van der Waals surface area contributed by atoms with Crippen LogP contribution in [0.5, 0.6) is 0 Å². The van der Waals surface area contributed by atoms with E-state index >= 15 is 0 Å². The summed E-state index contributed by atoms with van der Waals surface area (Å²) in [5.41, 5.74) is 0.553. The Labute approximate surface area is 170 Å². The summed E-state index contributed by atoms with van der Waals surface area (Å²) in [6, 6.07) is 13.0. The number of thioether (sulfide) groups is 1. The summed E-state index contributed by atoms with van der Waals surface area (Å²) in [7, 11) is 0. The molecule has 6 heteroatoms. The van der Waals surface area contributed by atoms with E-state index in [9.17, 15) is 9.59 Å². The molecule has 28 heavy (non-hydrogen) atoms. The topological polar surface area (TPSA) is 71.1 Å². The van der Waals surface area contributed by atoms with Gasteiger partial charge >= 0.3 is 0 Å². The molecular formula is C22H27N3O2S. The van der Waals surface area contributed by atoms with Crippen LogP contribution in [0.15, 0.2) is 53.6 Å². The van der Waals surface area contributed by atoms with Gasteiger partial charge in [0.15, 0.2) is 0 Å². The molecule has 0 aliphatic heterocycles. The number of benzene rings is 1. The van der Waals surface area contributed by atoms with Crippen molar-refractivity contribution in [1.29, 1.82) is 0 Å². The van der Waals surface area contributed by atoms with Gasteiger partial charge in [0.05, 0.1) is 11.3 Å². The van der Waals surface area contributed by atoms with Gasteiger partial charge < -0.3 is 10.6 Å². The summed E-state index contributed by atoms with van der Waals surface area (Å²) in [6.45, 7) is 0. The Morgan fingerprint density at radius 2 is 1.68 bits per heavy atom. The smallest absolute Gasteiger partial charge is 0.257 e. The van der Waals surface area contributed by atoms with Gasteiger partial charge in [-0.25, -0.2) is 4.98 Å². The molecule has 1 saturated carbocycles. The lowest BCUT2D eigenvalue weighted by Crippen LogP contribution is -2.36. The average molecular weight is 398 g/mol. The van der Waals surface area contributed by atoms with E-state index in [-0.39, 0.29) is 17.9 Å².